The van der Waals surface area contributed by atoms with Crippen LogP contribution in [0.4, 0.5) is 5.69 Å². The van der Waals surface area contributed by atoms with Crippen LogP contribution in [0.2, 0.25) is 5.02 Å². The van der Waals surface area contributed by atoms with Crippen LogP contribution < -0.4 is 14.4 Å². The van der Waals surface area contributed by atoms with Crippen LogP contribution >= 0.6 is 11.6 Å². The molecular weight excluding hydrogens is 396 g/mol. The molecule has 1 saturated heterocycles. The fourth-order valence-corrected chi connectivity index (χ4v) is 3.34. The van der Waals surface area contributed by atoms with E-state index in [9.17, 15) is 9.59 Å². The van der Waals surface area contributed by atoms with Gasteiger partial charge in [-0.3, -0.25) is 9.59 Å². The number of rotatable bonds is 6. The fourth-order valence-electron chi connectivity index (χ4n) is 3.10. The van der Waals surface area contributed by atoms with E-state index in [1.807, 2.05) is 6.07 Å². The Bertz CT molecular complexity index is 968. The lowest BCUT2D eigenvalue weighted by Gasteiger charge is -2.20. The summed E-state index contributed by atoms with van der Waals surface area (Å²) < 4.78 is 15.9. The summed E-state index contributed by atoms with van der Waals surface area (Å²) in [6.07, 6.45) is 0.0407. The lowest BCUT2D eigenvalue weighted by atomic mass is 10.1. The highest BCUT2D eigenvalue weighted by atomic mass is 35.5. The number of nitrogens with zero attached hydrogens (tertiary/aromatic N) is 2. The monoisotopic (exact) mass is 414 g/mol. The normalized spacial score (nSPS) is 15.7. The molecule has 0 radical (unpaired) electrons. The van der Waals surface area contributed by atoms with Crippen LogP contribution in [0.3, 0.4) is 0 Å². The van der Waals surface area contributed by atoms with E-state index in [1.165, 1.54) is 19.1 Å². The first kappa shape index (κ1) is 20.5. The summed E-state index contributed by atoms with van der Waals surface area (Å²) in [5, 5.41) is 9.16. The number of nitriles is 1. The second kappa shape index (κ2) is 8.84. The van der Waals surface area contributed by atoms with Crippen LogP contribution in [0.1, 0.15) is 17.5 Å². The Balaban J connectivity index is 1.69. The van der Waals surface area contributed by atoms with E-state index < -0.39 is 11.9 Å². The molecule has 8 heteroatoms. The third kappa shape index (κ3) is 4.44. The molecule has 1 amide bonds. The topological polar surface area (TPSA) is 88.9 Å². The fraction of sp³-hybridized carbons (Fsp3) is 0.286. The molecule has 2 aromatic carbocycles. The molecule has 0 spiro atoms. The summed E-state index contributed by atoms with van der Waals surface area (Å²) in [6.45, 7) is 0.247. The number of ether oxygens (including phenoxy) is 3. The van der Waals surface area contributed by atoms with Gasteiger partial charge in [0.1, 0.15) is 18.1 Å². The molecular formula is C21H19ClN2O5. The smallest absolute Gasteiger partial charge is 0.311 e. The van der Waals surface area contributed by atoms with Gasteiger partial charge in [-0.1, -0.05) is 23.7 Å². The molecule has 2 aromatic rings. The number of hydrogen-bond donors (Lipinski definition) is 0. The van der Waals surface area contributed by atoms with Crippen molar-refractivity contribution in [2.45, 2.75) is 13.0 Å². The van der Waals surface area contributed by atoms with Crippen molar-refractivity contribution in [3.8, 4) is 17.6 Å². The summed E-state index contributed by atoms with van der Waals surface area (Å²) in [5.74, 6) is -0.413. The third-order valence-electron chi connectivity index (χ3n) is 4.67. The van der Waals surface area contributed by atoms with Gasteiger partial charge in [-0.2, -0.15) is 5.26 Å². The Morgan fingerprint density at radius 2 is 1.90 bits per heavy atom. The number of carbonyl (C=O) groups excluding carboxylic acids is 2. The zero-order chi connectivity index (χ0) is 21.0. The van der Waals surface area contributed by atoms with Gasteiger partial charge in [0, 0.05) is 19.0 Å². The molecule has 0 aromatic heterocycles. The van der Waals surface area contributed by atoms with E-state index in [-0.39, 0.29) is 25.5 Å². The van der Waals surface area contributed by atoms with Crippen molar-refractivity contribution in [1.82, 2.24) is 0 Å². The van der Waals surface area contributed by atoms with Crippen molar-refractivity contribution in [1.29, 1.82) is 5.26 Å². The number of hydrogen-bond acceptors (Lipinski definition) is 6. The molecule has 3 rings (SSSR count). The highest BCUT2D eigenvalue weighted by Crippen LogP contribution is 2.40. The van der Waals surface area contributed by atoms with Crippen molar-refractivity contribution in [3.63, 3.8) is 0 Å². The van der Waals surface area contributed by atoms with Crippen LogP contribution in [0.5, 0.6) is 11.5 Å². The first-order chi connectivity index (χ1) is 14.0. The van der Waals surface area contributed by atoms with Crippen LogP contribution in [0.15, 0.2) is 36.4 Å². The van der Waals surface area contributed by atoms with E-state index in [4.69, 9.17) is 31.1 Å². The molecule has 0 unspecified atom stereocenters. The minimum absolute atomic E-state index is 0.0407. The quantitative estimate of drug-likeness (QED) is 0.673. The Kier molecular flexibility index (Phi) is 6.25. The van der Waals surface area contributed by atoms with E-state index in [0.29, 0.717) is 27.8 Å². The molecule has 0 N–H and O–H groups in total. The van der Waals surface area contributed by atoms with Crippen molar-refractivity contribution in [2.75, 3.05) is 25.7 Å². The zero-order valence-electron chi connectivity index (χ0n) is 16.0. The lowest BCUT2D eigenvalue weighted by Crippen LogP contribution is -2.27. The van der Waals surface area contributed by atoms with Gasteiger partial charge in [0.25, 0.3) is 0 Å². The average molecular weight is 415 g/mol. The zero-order valence-corrected chi connectivity index (χ0v) is 16.7. The molecule has 1 aliphatic heterocycles. The number of esters is 1. The minimum Gasteiger partial charge on any atom is -0.495 e. The van der Waals surface area contributed by atoms with Crippen LogP contribution in [0, 0.1) is 17.2 Å². The molecule has 0 saturated carbocycles. The van der Waals surface area contributed by atoms with Crippen molar-refractivity contribution < 1.29 is 23.8 Å². The highest BCUT2D eigenvalue weighted by molar-refractivity contribution is 6.32. The van der Waals surface area contributed by atoms with Crippen molar-refractivity contribution in [2.24, 2.45) is 5.92 Å². The maximum Gasteiger partial charge on any atom is 0.311 e. The second-order valence-electron chi connectivity index (χ2n) is 6.48. The SMILES string of the molecule is COc1cc(OC)c(N2C[C@H](C(=O)OCc3ccc(C#N)cc3)CC2=O)cc1Cl. The molecule has 7 nitrogen and oxygen atoms in total. The summed E-state index contributed by atoms with van der Waals surface area (Å²) in [7, 11) is 2.97. The summed E-state index contributed by atoms with van der Waals surface area (Å²) in [5.41, 5.74) is 1.78. The van der Waals surface area contributed by atoms with Gasteiger partial charge in [0.05, 0.1) is 42.5 Å². The Hall–Kier alpha value is -3.24. The first-order valence-corrected chi connectivity index (χ1v) is 9.22. The van der Waals surface area contributed by atoms with E-state index >= 15 is 0 Å². The number of benzene rings is 2. The van der Waals surface area contributed by atoms with Gasteiger partial charge in [-0.25, -0.2) is 0 Å². The first-order valence-electron chi connectivity index (χ1n) is 8.84. The predicted octanol–water partition coefficient (Wildman–Crippen LogP) is 3.33. The molecule has 1 heterocycles. The summed E-state index contributed by atoms with van der Waals surface area (Å²) in [4.78, 5) is 26.5. The highest BCUT2D eigenvalue weighted by Gasteiger charge is 2.37. The number of halogens is 1. The molecule has 0 bridgehead atoms. The van der Waals surface area contributed by atoms with Crippen LogP contribution in [-0.2, 0) is 20.9 Å². The lowest BCUT2D eigenvalue weighted by molar-refractivity contribution is -0.149. The van der Waals surface area contributed by atoms with Gasteiger partial charge in [0.15, 0.2) is 0 Å². The molecule has 1 aliphatic rings. The Morgan fingerprint density at radius 1 is 1.21 bits per heavy atom. The third-order valence-corrected chi connectivity index (χ3v) is 4.96. The maximum absolute atomic E-state index is 12.5. The van der Waals surface area contributed by atoms with Crippen LogP contribution in [-0.4, -0.2) is 32.6 Å². The number of amides is 1. The summed E-state index contributed by atoms with van der Waals surface area (Å²) >= 11 is 6.19. The Morgan fingerprint density at radius 3 is 2.52 bits per heavy atom. The molecule has 150 valence electrons. The minimum atomic E-state index is -0.591. The van der Waals surface area contributed by atoms with Gasteiger partial charge in [-0.15, -0.1) is 0 Å². The van der Waals surface area contributed by atoms with E-state index in [1.54, 1.807) is 36.4 Å². The molecule has 1 fully saturated rings. The number of anilines is 1. The second-order valence-corrected chi connectivity index (χ2v) is 6.89. The van der Waals surface area contributed by atoms with E-state index in [0.717, 1.165) is 5.56 Å². The van der Waals surface area contributed by atoms with Gasteiger partial charge in [-0.05, 0) is 23.8 Å². The summed E-state index contributed by atoms with van der Waals surface area (Å²) in [6, 6.07) is 12.0. The molecule has 1 atom stereocenters. The van der Waals surface area contributed by atoms with Gasteiger partial charge in [0.2, 0.25) is 5.91 Å². The number of methoxy groups -OCH3 is 2. The largest absolute Gasteiger partial charge is 0.495 e. The molecule has 29 heavy (non-hydrogen) atoms. The predicted molar refractivity (Wildman–Crippen MR) is 106 cm³/mol. The Labute approximate surface area is 173 Å². The van der Waals surface area contributed by atoms with E-state index in [2.05, 4.69) is 0 Å². The van der Waals surface area contributed by atoms with Crippen molar-refractivity contribution >= 4 is 29.2 Å². The average Bonchev–Trinajstić information content (AvgIpc) is 3.13. The van der Waals surface area contributed by atoms with Crippen molar-refractivity contribution in [3.05, 3.63) is 52.5 Å². The van der Waals surface area contributed by atoms with Gasteiger partial charge >= 0.3 is 5.97 Å². The molecule has 0 aliphatic carbocycles. The van der Waals surface area contributed by atoms with Crippen LogP contribution in [0.25, 0.3) is 0 Å². The number of carbonyl (C=O) groups is 2. The standard InChI is InChI=1S/C21H19ClN2O5/c1-27-18-9-19(28-2)17(8-16(18)22)24-11-15(7-20(24)25)21(26)29-12-14-5-3-13(10-23)4-6-14/h3-6,8-9,15H,7,11-12H2,1-2H3/t15-/m1/s1. The van der Waals surface area contributed by atoms with Gasteiger partial charge < -0.3 is 19.1 Å². The maximum atomic E-state index is 12.5.